The zero-order chi connectivity index (χ0) is 8.27. The van der Waals surface area contributed by atoms with Gasteiger partial charge in [0.1, 0.15) is 0 Å². The second-order valence-corrected chi connectivity index (χ2v) is 2.16. The van der Waals surface area contributed by atoms with Crippen LogP contribution in [-0.2, 0) is 4.74 Å². The topological polar surface area (TPSA) is 70.8 Å². The Morgan fingerprint density at radius 1 is 1.62 bits per heavy atom. The largest absolute Gasteiger partial charge is 1.00 e. The van der Waals surface area contributed by atoms with Crippen LogP contribution in [0.3, 0.4) is 0 Å². The average Bonchev–Trinajstić information content (AvgIpc) is 2.36. The van der Waals surface area contributed by atoms with E-state index >= 15 is 0 Å². The predicted molar refractivity (Wildman–Crippen MR) is 39.7 cm³/mol. The number of carbonyl (C=O) groups is 1. The number of aromatic amines is 2. The molecule has 0 saturated heterocycles. The van der Waals surface area contributed by atoms with E-state index in [2.05, 4.69) is 20.1 Å². The Hall–Kier alpha value is 0.830. The quantitative estimate of drug-likeness (QED) is 0.296. The van der Waals surface area contributed by atoms with Crippen LogP contribution in [0.5, 0.6) is 0 Å². The summed E-state index contributed by atoms with van der Waals surface area (Å²) in [7, 11) is 0. The molecular weight excluding hydrogens is 212 g/mol. The normalized spacial score (nSPS) is 8.08. The van der Waals surface area contributed by atoms with Gasteiger partial charge in [-0.15, -0.1) is 5.10 Å². The molecule has 0 aliphatic carbocycles. The first-order chi connectivity index (χ1) is 5.25. The van der Waals surface area contributed by atoms with Crippen LogP contribution >= 0.6 is 12.2 Å². The minimum atomic E-state index is -0.505. The molecule has 8 heteroatoms. The van der Waals surface area contributed by atoms with Crippen molar-refractivity contribution < 1.29 is 68.6 Å². The predicted octanol–water partition coefficient (Wildman–Crippen LogP) is -5.35. The Bertz CT molecular complexity index is 311. The maximum Gasteiger partial charge on any atom is 1.00 e. The minimum absolute atomic E-state index is 0. The van der Waals surface area contributed by atoms with Crippen LogP contribution in [0, 0.1) is 4.64 Å². The number of hydrogen-bond acceptors (Lipinski definition) is 4. The summed E-state index contributed by atoms with van der Waals surface area (Å²) < 4.78 is 4.93. The van der Waals surface area contributed by atoms with Crippen molar-refractivity contribution in [3.63, 3.8) is 0 Å². The number of nitrogens with zero attached hydrogens (tertiary/aromatic N) is 1. The number of aromatic nitrogens is 3. The number of H-pyrrole nitrogens is 2. The van der Waals surface area contributed by atoms with Gasteiger partial charge in [0.2, 0.25) is 5.69 Å². The molecule has 13 heavy (non-hydrogen) atoms. The molecule has 0 fully saturated rings. The van der Waals surface area contributed by atoms with Gasteiger partial charge in [-0.3, -0.25) is 5.10 Å². The summed E-state index contributed by atoms with van der Waals surface area (Å²) in [5.41, 5.74) is 0.127. The molecule has 1 aromatic heterocycles. The Morgan fingerprint density at radius 3 is 2.62 bits per heavy atom. The molecule has 0 spiro atoms. The molecule has 0 aromatic carbocycles. The van der Waals surface area contributed by atoms with Gasteiger partial charge in [-0.1, -0.05) is 12.2 Å². The summed E-state index contributed by atoms with van der Waals surface area (Å²) in [5.74, 6) is -0.505. The smallest absolute Gasteiger partial charge is 0.461 e. The molecular formula is C5H7N3Na2O2S+2. The summed E-state index contributed by atoms with van der Waals surface area (Å²) in [6.07, 6.45) is 0. The van der Waals surface area contributed by atoms with Gasteiger partial charge in [0, 0.05) is 0 Å². The summed E-state index contributed by atoms with van der Waals surface area (Å²) in [4.78, 5) is 10.9. The van der Waals surface area contributed by atoms with Gasteiger partial charge in [0.15, 0.2) is 4.64 Å². The van der Waals surface area contributed by atoms with E-state index in [9.17, 15) is 4.79 Å². The molecule has 0 unspecified atom stereocenters. The van der Waals surface area contributed by atoms with E-state index in [1.807, 2.05) is 0 Å². The summed E-state index contributed by atoms with van der Waals surface area (Å²) in [5, 5.41) is 8.42. The Balaban J connectivity index is 0. The van der Waals surface area contributed by atoms with E-state index in [1.54, 1.807) is 6.92 Å². The number of rotatable bonds is 2. The Labute approximate surface area is 125 Å². The molecule has 60 valence electrons. The molecule has 5 nitrogen and oxygen atoms in total. The summed E-state index contributed by atoms with van der Waals surface area (Å²) in [6.45, 7) is 2.04. The van der Waals surface area contributed by atoms with Crippen LogP contribution in [0.25, 0.3) is 0 Å². The van der Waals surface area contributed by atoms with Gasteiger partial charge in [-0.25, -0.2) is 10.0 Å². The van der Waals surface area contributed by atoms with Crippen LogP contribution < -0.4 is 59.1 Å². The maximum atomic E-state index is 10.9. The standard InChI is InChI=1S/C5H7N3O2S.2Na/c1-2-10-5(9)3-4(11)7-8-6-3;;/h2H2,1H3,(H2,6,7,8,11);;/q;2*+1. The zero-order valence-electron chi connectivity index (χ0n) is 7.88. The average molecular weight is 219 g/mol. The molecule has 0 bridgehead atoms. The van der Waals surface area contributed by atoms with E-state index in [-0.39, 0.29) is 69.4 Å². The van der Waals surface area contributed by atoms with Crippen molar-refractivity contribution in [2.24, 2.45) is 0 Å². The number of nitrogens with one attached hydrogen (secondary N) is 2. The molecule has 0 atom stereocenters. The maximum absolute atomic E-state index is 10.9. The van der Waals surface area contributed by atoms with Crippen LogP contribution in [0.2, 0.25) is 0 Å². The molecule has 0 saturated carbocycles. The Kier molecular flexibility index (Phi) is 10.2. The second kappa shape index (κ2) is 8.16. The van der Waals surface area contributed by atoms with Crippen molar-refractivity contribution in [1.29, 1.82) is 0 Å². The van der Waals surface area contributed by atoms with Crippen LogP contribution in [0.1, 0.15) is 17.4 Å². The molecule has 0 aliphatic rings. The van der Waals surface area contributed by atoms with Gasteiger partial charge in [-0.2, -0.15) is 0 Å². The fraction of sp³-hybridized carbons (Fsp3) is 0.400. The van der Waals surface area contributed by atoms with Gasteiger partial charge in [0.25, 0.3) is 0 Å². The number of ether oxygens (including phenoxy) is 1. The molecule has 1 aromatic rings. The monoisotopic (exact) mass is 219 g/mol. The van der Waals surface area contributed by atoms with Crippen molar-refractivity contribution in [2.75, 3.05) is 6.61 Å². The summed E-state index contributed by atoms with van der Waals surface area (Å²) >= 11 is 4.73. The first kappa shape index (κ1) is 16.3. The molecule has 1 heterocycles. The SMILES string of the molecule is CCOC(=O)c1n[nH][nH]c1=S.[Na+].[Na+]. The molecule has 0 aliphatic heterocycles. The van der Waals surface area contributed by atoms with Gasteiger partial charge < -0.3 is 4.74 Å². The van der Waals surface area contributed by atoms with Crippen LogP contribution in [0.4, 0.5) is 0 Å². The van der Waals surface area contributed by atoms with E-state index in [0.717, 1.165) is 0 Å². The number of esters is 1. The van der Waals surface area contributed by atoms with E-state index < -0.39 is 5.97 Å². The fourth-order valence-electron chi connectivity index (χ4n) is 0.582. The third kappa shape index (κ3) is 4.73. The van der Waals surface area contributed by atoms with Gasteiger partial charge in [-0.05, 0) is 6.92 Å². The van der Waals surface area contributed by atoms with Gasteiger partial charge >= 0.3 is 65.1 Å². The third-order valence-electron chi connectivity index (χ3n) is 1.02. The first-order valence-corrected chi connectivity index (χ1v) is 3.46. The fourth-order valence-corrected chi connectivity index (χ4v) is 0.757. The van der Waals surface area contributed by atoms with Crippen molar-refractivity contribution >= 4 is 18.2 Å². The summed E-state index contributed by atoms with van der Waals surface area (Å²) in [6, 6.07) is 0. The minimum Gasteiger partial charge on any atom is -0.461 e. The molecule has 1 rings (SSSR count). The number of carbonyl (C=O) groups excluding carboxylic acids is 1. The van der Waals surface area contributed by atoms with Crippen LogP contribution in [-0.4, -0.2) is 28.0 Å². The van der Waals surface area contributed by atoms with E-state index in [4.69, 9.17) is 12.2 Å². The van der Waals surface area contributed by atoms with E-state index in [0.29, 0.717) is 6.61 Å². The van der Waals surface area contributed by atoms with Crippen LogP contribution in [0.15, 0.2) is 0 Å². The molecule has 0 amide bonds. The molecule has 2 N–H and O–H groups in total. The number of hydrogen-bond donors (Lipinski definition) is 2. The second-order valence-electron chi connectivity index (χ2n) is 1.75. The van der Waals surface area contributed by atoms with Gasteiger partial charge in [0.05, 0.1) is 6.61 Å². The van der Waals surface area contributed by atoms with Crippen molar-refractivity contribution in [3.05, 3.63) is 10.3 Å². The Morgan fingerprint density at radius 2 is 2.23 bits per heavy atom. The zero-order valence-corrected chi connectivity index (χ0v) is 12.7. The molecule has 0 radical (unpaired) electrons. The first-order valence-electron chi connectivity index (χ1n) is 3.06. The van der Waals surface area contributed by atoms with Crippen molar-refractivity contribution in [3.8, 4) is 0 Å². The van der Waals surface area contributed by atoms with Crippen molar-refractivity contribution in [2.45, 2.75) is 6.92 Å². The van der Waals surface area contributed by atoms with E-state index in [1.165, 1.54) is 0 Å². The van der Waals surface area contributed by atoms with Crippen molar-refractivity contribution in [1.82, 2.24) is 15.4 Å². The third-order valence-corrected chi connectivity index (χ3v) is 1.32.